The second kappa shape index (κ2) is 7.73. The second-order valence-corrected chi connectivity index (χ2v) is 6.90. The van der Waals surface area contributed by atoms with Crippen LogP contribution in [0, 0.1) is 0 Å². The molecule has 1 N–H and O–H groups in total. The van der Waals surface area contributed by atoms with Crippen molar-refractivity contribution in [2.24, 2.45) is 0 Å². The number of ether oxygens (including phenoxy) is 1. The Hall–Kier alpha value is -0.950. The van der Waals surface area contributed by atoms with Crippen LogP contribution in [0.5, 0.6) is 0 Å². The zero-order valence-electron chi connectivity index (χ0n) is 12.6. The molecule has 0 spiro atoms. The summed E-state index contributed by atoms with van der Waals surface area (Å²) >= 11 is 0. The Balaban J connectivity index is 2.87. The van der Waals surface area contributed by atoms with E-state index < -0.39 is 10.0 Å². The number of nitrogens with one attached hydrogen (secondary N) is 1. The van der Waals surface area contributed by atoms with Gasteiger partial charge in [0.15, 0.2) is 0 Å². The standard InChI is InChI=1S/C14H24N2O3S/c1-12(2)19-10-9-16(4)20(17,18)14-8-6-5-7-13(14)11-15-3/h5-8,12,15H,9-11H2,1-4H3. The molecule has 1 aromatic rings. The summed E-state index contributed by atoms with van der Waals surface area (Å²) < 4.78 is 31.8. The van der Waals surface area contributed by atoms with E-state index in [1.807, 2.05) is 26.0 Å². The van der Waals surface area contributed by atoms with E-state index >= 15 is 0 Å². The minimum Gasteiger partial charge on any atom is -0.377 e. The van der Waals surface area contributed by atoms with Crippen molar-refractivity contribution in [3.63, 3.8) is 0 Å². The first kappa shape index (κ1) is 17.1. The number of hydrogen-bond acceptors (Lipinski definition) is 4. The molecule has 0 radical (unpaired) electrons. The average Bonchev–Trinajstić information content (AvgIpc) is 2.39. The van der Waals surface area contributed by atoms with Crippen molar-refractivity contribution < 1.29 is 13.2 Å². The predicted molar refractivity (Wildman–Crippen MR) is 80.1 cm³/mol. The lowest BCUT2D eigenvalue weighted by molar-refractivity contribution is 0.0737. The molecular weight excluding hydrogens is 276 g/mol. The molecule has 6 heteroatoms. The normalized spacial score (nSPS) is 12.3. The van der Waals surface area contributed by atoms with Gasteiger partial charge in [-0.3, -0.25) is 0 Å². The van der Waals surface area contributed by atoms with Crippen molar-refractivity contribution in [3.8, 4) is 0 Å². The minimum atomic E-state index is -3.48. The minimum absolute atomic E-state index is 0.0997. The lowest BCUT2D eigenvalue weighted by atomic mass is 10.2. The molecule has 0 heterocycles. The Bertz CT molecular complexity index is 515. The lowest BCUT2D eigenvalue weighted by Crippen LogP contribution is -2.31. The maximum Gasteiger partial charge on any atom is 0.243 e. The summed E-state index contributed by atoms with van der Waals surface area (Å²) in [6.07, 6.45) is 0.0997. The van der Waals surface area contributed by atoms with Gasteiger partial charge < -0.3 is 10.1 Å². The summed E-state index contributed by atoms with van der Waals surface area (Å²) in [6.45, 7) is 5.11. The highest BCUT2D eigenvalue weighted by atomic mass is 32.2. The summed E-state index contributed by atoms with van der Waals surface area (Å²) in [6, 6.07) is 7.04. The molecule has 1 aromatic carbocycles. The maximum atomic E-state index is 12.5. The van der Waals surface area contributed by atoms with Crippen molar-refractivity contribution in [1.29, 1.82) is 0 Å². The highest BCUT2D eigenvalue weighted by Crippen LogP contribution is 2.19. The third kappa shape index (κ3) is 4.56. The van der Waals surface area contributed by atoms with Gasteiger partial charge in [0.05, 0.1) is 17.6 Å². The molecule has 5 nitrogen and oxygen atoms in total. The van der Waals surface area contributed by atoms with Gasteiger partial charge >= 0.3 is 0 Å². The Morgan fingerprint density at radius 3 is 2.55 bits per heavy atom. The molecule has 0 aromatic heterocycles. The van der Waals surface area contributed by atoms with Gasteiger partial charge in [0.2, 0.25) is 10.0 Å². The van der Waals surface area contributed by atoms with Gasteiger partial charge in [-0.15, -0.1) is 0 Å². The SMILES string of the molecule is CNCc1ccccc1S(=O)(=O)N(C)CCOC(C)C. The van der Waals surface area contributed by atoms with Crippen LogP contribution in [-0.4, -0.2) is 46.1 Å². The van der Waals surface area contributed by atoms with E-state index in [1.54, 1.807) is 26.2 Å². The molecule has 0 atom stereocenters. The lowest BCUT2D eigenvalue weighted by Gasteiger charge is -2.20. The Kier molecular flexibility index (Phi) is 6.61. The van der Waals surface area contributed by atoms with Crippen molar-refractivity contribution in [2.45, 2.75) is 31.4 Å². The fourth-order valence-corrected chi connectivity index (χ4v) is 3.17. The molecule has 114 valence electrons. The molecule has 20 heavy (non-hydrogen) atoms. The number of rotatable bonds is 8. The van der Waals surface area contributed by atoms with Crippen LogP contribution >= 0.6 is 0 Å². The van der Waals surface area contributed by atoms with Gasteiger partial charge in [0, 0.05) is 20.1 Å². The number of sulfonamides is 1. The molecule has 0 aliphatic heterocycles. The molecule has 0 bridgehead atoms. The highest BCUT2D eigenvalue weighted by Gasteiger charge is 2.23. The zero-order chi connectivity index (χ0) is 15.2. The van der Waals surface area contributed by atoms with Crippen LogP contribution < -0.4 is 5.32 Å². The molecular formula is C14H24N2O3S. The van der Waals surface area contributed by atoms with Crippen molar-refractivity contribution >= 4 is 10.0 Å². The third-order valence-electron chi connectivity index (χ3n) is 2.89. The molecule has 0 saturated heterocycles. The van der Waals surface area contributed by atoms with E-state index in [4.69, 9.17) is 4.74 Å². The Morgan fingerprint density at radius 1 is 1.30 bits per heavy atom. The van der Waals surface area contributed by atoms with Crippen LogP contribution in [0.25, 0.3) is 0 Å². The zero-order valence-corrected chi connectivity index (χ0v) is 13.4. The van der Waals surface area contributed by atoms with E-state index in [0.29, 0.717) is 24.6 Å². The smallest absolute Gasteiger partial charge is 0.243 e. The Labute approximate surface area is 122 Å². The molecule has 0 saturated carbocycles. The van der Waals surface area contributed by atoms with E-state index in [9.17, 15) is 8.42 Å². The molecule has 0 unspecified atom stereocenters. The number of hydrogen-bond donors (Lipinski definition) is 1. The van der Waals surface area contributed by atoms with Crippen LogP contribution in [0.1, 0.15) is 19.4 Å². The quantitative estimate of drug-likeness (QED) is 0.789. The third-order valence-corrected chi connectivity index (χ3v) is 4.84. The van der Waals surface area contributed by atoms with Crippen molar-refractivity contribution in [1.82, 2.24) is 9.62 Å². The van der Waals surface area contributed by atoms with Crippen LogP contribution in [0.4, 0.5) is 0 Å². The van der Waals surface area contributed by atoms with E-state index in [1.165, 1.54) is 4.31 Å². The molecule has 0 fully saturated rings. The first-order chi connectivity index (χ1) is 9.39. The van der Waals surface area contributed by atoms with Gasteiger partial charge in [0.25, 0.3) is 0 Å². The Morgan fingerprint density at radius 2 is 1.95 bits per heavy atom. The van der Waals surface area contributed by atoms with E-state index in [-0.39, 0.29) is 6.10 Å². The predicted octanol–water partition coefficient (Wildman–Crippen LogP) is 1.45. The molecule has 0 aliphatic rings. The first-order valence-corrected chi connectivity index (χ1v) is 8.14. The van der Waals surface area contributed by atoms with Gasteiger partial charge in [-0.05, 0) is 32.5 Å². The average molecular weight is 300 g/mol. The molecule has 0 aliphatic carbocycles. The largest absolute Gasteiger partial charge is 0.377 e. The van der Waals surface area contributed by atoms with E-state index in [2.05, 4.69) is 5.32 Å². The topological polar surface area (TPSA) is 58.6 Å². The van der Waals surface area contributed by atoms with E-state index in [0.717, 1.165) is 5.56 Å². The fourth-order valence-electron chi connectivity index (χ4n) is 1.80. The summed E-state index contributed by atoms with van der Waals surface area (Å²) in [7, 11) is -0.103. The maximum absolute atomic E-state index is 12.5. The van der Waals surface area contributed by atoms with Gasteiger partial charge in [-0.1, -0.05) is 18.2 Å². The number of likely N-dealkylation sites (N-methyl/N-ethyl adjacent to an activating group) is 1. The first-order valence-electron chi connectivity index (χ1n) is 6.70. The van der Waals surface area contributed by atoms with Crippen LogP contribution in [0.3, 0.4) is 0 Å². The highest BCUT2D eigenvalue weighted by molar-refractivity contribution is 7.89. The summed E-state index contributed by atoms with van der Waals surface area (Å²) in [5, 5.41) is 2.99. The van der Waals surface area contributed by atoms with Crippen molar-refractivity contribution in [2.75, 3.05) is 27.2 Å². The summed E-state index contributed by atoms with van der Waals surface area (Å²) in [5.74, 6) is 0. The monoisotopic (exact) mass is 300 g/mol. The summed E-state index contributed by atoms with van der Waals surface area (Å²) in [5.41, 5.74) is 0.770. The fraction of sp³-hybridized carbons (Fsp3) is 0.571. The second-order valence-electron chi connectivity index (χ2n) is 4.88. The van der Waals surface area contributed by atoms with Crippen LogP contribution in [0.2, 0.25) is 0 Å². The van der Waals surface area contributed by atoms with Gasteiger partial charge in [0.1, 0.15) is 0 Å². The van der Waals surface area contributed by atoms with Crippen molar-refractivity contribution in [3.05, 3.63) is 29.8 Å². The summed E-state index contributed by atoms with van der Waals surface area (Å²) in [4.78, 5) is 0.349. The van der Waals surface area contributed by atoms with Gasteiger partial charge in [-0.25, -0.2) is 8.42 Å². The number of benzene rings is 1. The van der Waals surface area contributed by atoms with Crippen LogP contribution in [0.15, 0.2) is 29.2 Å². The van der Waals surface area contributed by atoms with Gasteiger partial charge in [-0.2, -0.15) is 4.31 Å². The molecule has 0 amide bonds. The molecule has 1 rings (SSSR count). The van der Waals surface area contributed by atoms with Crippen LogP contribution in [-0.2, 0) is 21.3 Å². The number of nitrogens with zero attached hydrogens (tertiary/aromatic N) is 1.